The zero-order chi connectivity index (χ0) is 15.6. The standard InChI is InChI=1S/C16H24ClNO2S/c1-4-14-6-5-13(10-17)9-16(14)21(19,20)18(11-12(2)3)15-7-8-15/h5-6,9,12,15H,4,7-8,10-11H2,1-3H3. The van der Waals surface area contributed by atoms with Gasteiger partial charge in [0.05, 0.1) is 4.90 Å². The lowest BCUT2D eigenvalue weighted by Gasteiger charge is -2.25. The van der Waals surface area contributed by atoms with Gasteiger partial charge in [0.25, 0.3) is 0 Å². The van der Waals surface area contributed by atoms with Gasteiger partial charge in [-0.1, -0.05) is 32.9 Å². The number of nitrogens with zero attached hydrogens (tertiary/aromatic N) is 1. The topological polar surface area (TPSA) is 37.4 Å². The summed E-state index contributed by atoms with van der Waals surface area (Å²) < 4.78 is 27.9. The Morgan fingerprint density at radius 3 is 2.48 bits per heavy atom. The van der Waals surface area contributed by atoms with E-state index in [1.54, 1.807) is 10.4 Å². The number of hydrogen-bond donors (Lipinski definition) is 0. The Morgan fingerprint density at radius 1 is 1.33 bits per heavy atom. The third kappa shape index (κ3) is 3.79. The molecule has 0 amide bonds. The summed E-state index contributed by atoms with van der Waals surface area (Å²) in [7, 11) is -3.43. The van der Waals surface area contributed by atoms with E-state index in [1.165, 1.54) is 0 Å². The van der Waals surface area contributed by atoms with E-state index in [-0.39, 0.29) is 6.04 Å². The van der Waals surface area contributed by atoms with Crippen molar-refractivity contribution in [1.82, 2.24) is 4.31 Å². The lowest BCUT2D eigenvalue weighted by Crippen LogP contribution is -2.36. The second-order valence-electron chi connectivity index (χ2n) is 6.13. The predicted octanol–water partition coefficient (Wildman–Crippen LogP) is 3.80. The molecule has 1 aromatic carbocycles. The fraction of sp³-hybridized carbons (Fsp3) is 0.625. The first-order valence-electron chi connectivity index (χ1n) is 7.59. The molecule has 3 nitrogen and oxygen atoms in total. The monoisotopic (exact) mass is 329 g/mol. The Kier molecular flexibility index (Phi) is 5.33. The summed E-state index contributed by atoms with van der Waals surface area (Å²) in [5, 5.41) is 0. The van der Waals surface area contributed by atoms with Crippen LogP contribution in [0.4, 0.5) is 0 Å². The highest BCUT2D eigenvalue weighted by atomic mass is 35.5. The van der Waals surface area contributed by atoms with Crippen molar-refractivity contribution in [3.05, 3.63) is 29.3 Å². The quantitative estimate of drug-likeness (QED) is 0.713. The molecule has 1 aliphatic carbocycles. The molecule has 0 radical (unpaired) electrons. The molecule has 0 spiro atoms. The van der Waals surface area contributed by atoms with Crippen LogP contribution in [-0.2, 0) is 22.3 Å². The van der Waals surface area contributed by atoms with Crippen LogP contribution in [0.5, 0.6) is 0 Å². The lowest BCUT2D eigenvalue weighted by atomic mass is 10.1. The van der Waals surface area contributed by atoms with Gasteiger partial charge in [0.15, 0.2) is 0 Å². The Hall–Kier alpha value is -0.580. The fourth-order valence-electron chi connectivity index (χ4n) is 2.51. The van der Waals surface area contributed by atoms with Gasteiger partial charge in [0.2, 0.25) is 10.0 Å². The van der Waals surface area contributed by atoms with E-state index >= 15 is 0 Å². The van der Waals surface area contributed by atoms with Gasteiger partial charge in [-0.3, -0.25) is 0 Å². The van der Waals surface area contributed by atoms with Gasteiger partial charge in [-0.05, 0) is 42.4 Å². The molecule has 0 bridgehead atoms. The van der Waals surface area contributed by atoms with Crippen LogP contribution in [0, 0.1) is 5.92 Å². The number of halogens is 1. The van der Waals surface area contributed by atoms with Gasteiger partial charge in [-0.2, -0.15) is 4.31 Å². The van der Waals surface area contributed by atoms with Crippen LogP contribution in [0.25, 0.3) is 0 Å². The minimum atomic E-state index is -3.43. The van der Waals surface area contributed by atoms with E-state index in [0.29, 0.717) is 29.7 Å². The molecule has 0 aliphatic heterocycles. The van der Waals surface area contributed by atoms with Crippen molar-refractivity contribution in [1.29, 1.82) is 0 Å². The van der Waals surface area contributed by atoms with Crippen LogP contribution in [0.1, 0.15) is 44.7 Å². The van der Waals surface area contributed by atoms with Crippen molar-refractivity contribution in [2.24, 2.45) is 5.92 Å². The maximum atomic E-state index is 13.1. The highest BCUT2D eigenvalue weighted by Crippen LogP contribution is 2.34. The smallest absolute Gasteiger partial charge is 0.207 e. The molecule has 1 fully saturated rings. The summed E-state index contributed by atoms with van der Waals surface area (Å²) in [5.74, 6) is 0.654. The summed E-state index contributed by atoms with van der Waals surface area (Å²) in [6, 6.07) is 5.73. The van der Waals surface area contributed by atoms with Gasteiger partial charge in [0.1, 0.15) is 0 Å². The minimum absolute atomic E-state index is 0.182. The SMILES string of the molecule is CCc1ccc(CCl)cc1S(=O)(=O)N(CC(C)C)C1CC1. The van der Waals surface area contributed by atoms with E-state index in [0.717, 1.165) is 24.0 Å². The first-order chi connectivity index (χ1) is 9.90. The second kappa shape index (κ2) is 6.67. The summed E-state index contributed by atoms with van der Waals surface area (Å²) >= 11 is 5.87. The summed E-state index contributed by atoms with van der Waals surface area (Å²) in [4.78, 5) is 0.440. The highest BCUT2D eigenvalue weighted by molar-refractivity contribution is 7.89. The first-order valence-corrected chi connectivity index (χ1v) is 9.57. The van der Waals surface area contributed by atoms with Crippen LogP contribution in [-0.4, -0.2) is 25.3 Å². The number of aryl methyl sites for hydroxylation is 1. The van der Waals surface area contributed by atoms with Crippen LogP contribution in [0.3, 0.4) is 0 Å². The van der Waals surface area contributed by atoms with Gasteiger partial charge >= 0.3 is 0 Å². The lowest BCUT2D eigenvalue weighted by molar-refractivity contribution is 0.360. The number of rotatable bonds is 7. The molecule has 0 N–H and O–H groups in total. The molecule has 21 heavy (non-hydrogen) atoms. The average Bonchev–Trinajstić information content (AvgIpc) is 3.28. The fourth-order valence-corrected chi connectivity index (χ4v) is 4.87. The summed E-state index contributed by atoms with van der Waals surface area (Å²) in [5.41, 5.74) is 1.73. The number of sulfonamides is 1. The van der Waals surface area contributed by atoms with E-state index in [1.807, 2.05) is 19.1 Å². The van der Waals surface area contributed by atoms with E-state index in [4.69, 9.17) is 11.6 Å². The van der Waals surface area contributed by atoms with Crippen molar-refractivity contribution in [2.45, 2.75) is 56.9 Å². The maximum Gasteiger partial charge on any atom is 0.243 e. The molecule has 0 aromatic heterocycles. The predicted molar refractivity (Wildman–Crippen MR) is 87.1 cm³/mol. The Morgan fingerprint density at radius 2 is 2.00 bits per heavy atom. The molecule has 0 heterocycles. The van der Waals surface area contributed by atoms with E-state index in [9.17, 15) is 8.42 Å². The zero-order valence-electron chi connectivity index (χ0n) is 13.0. The molecule has 2 rings (SSSR count). The van der Waals surface area contributed by atoms with Crippen LogP contribution < -0.4 is 0 Å². The maximum absolute atomic E-state index is 13.1. The van der Waals surface area contributed by atoms with E-state index < -0.39 is 10.0 Å². The van der Waals surface area contributed by atoms with Gasteiger partial charge < -0.3 is 0 Å². The van der Waals surface area contributed by atoms with Gasteiger partial charge in [-0.15, -0.1) is 11.6 Å². The van der Waals surface area contributed by atoms with Crippen molar-refractivity contribution in [2.75, 3.05) is 6.54 Å². The molecule has 1 aromatic rings. The molecule has 0 atom stereocenters. The molecular formula is C16H24ClNO2S. The minimum Gasteiger partial charge on any atom is -0.207 e. The van der Waals surface area contributed by atoms with Crippen molar-refractivity contribution >= 4 is 21.6 Å². The third-order valence-corrected chi connectivity index (χ3v) is 6.06. The summed E-state index contributed by atoms with van der Waals surface area (Å²) in [6.07, 6.45) is 2.66. The number of hydrogen-bond acceptors (Lipinski definition) is 2. The molecule has 0 unspecified atom stereocenters. The third-order valence-electron chi connectivity index (χ3n) is 3.75. The first kappa shape index (κ1) is 16.8. The van der Waals surface area contributed by atoms with Crippen LogP contribution in [0.2, 0.25) is 0 Å². The van der Waals surface area contributed by atoms with Crippen molar-refractivity contribution in [3.8, 4) is 0 Å². The highest BCUT2D eigenvalue weighted by Gasteiger charge is 2.39. The van der Waals surface area contributed by atoms with Crippen molar-refractivity contribution in [3.63, 3.8) is 0 Å². The molecule has 1 aliphatic rings. The Bertz CT molecular complexity index is 594. The average molecular weight is 330 g/mol. The Labute approximate surface area is 133 Å². The normalized spacial score (nSPS) is 15.9. The van der Waals surface area contributed by atoms with Gasteiger partial charge in [-0.25, -0.2) is 8.42 Å². The number of alkyl halides is 1. The Balaban J connectivity index is 2.45. The number of benzene rings is 1. The zero-order valence-corrected chi connectivity index (χ0v) is 14.5. The second-order valence-corrected chi connectivity index (χ2v) is 8.26. The van der Waals surface area contributed by atoms with Crippen LogP contribution >= 0.6 is 11.6 Å². The molecule has 0 saturated heterocycles. The largest absolute Gasteiger partial charge is 0.243 e. The summed E-state index contributed by atoms with van der Waals surface area (Å²) in [6.45, 7) is 6.68. The van der Waals surface area contributed by atoms with Crippen molar-refractivity contribution < 1.29 is 8.42 Å². The molecule has 5 heteroatoms. The van der Waals surface area contributed by atoms with E-state index in [2.05, 4.69) is 13.8 Å². The molecule has 1 saturated carbocycles. The van der Waals surface area contributed by atoms with Gasteiger partial charge in [0, 0.05) is 18.5 Å². The molecule has 118 valence electrons. The van der Waals surface area contributed by atoms with Crippen LogP contribution in [0.15, 0.2) is 23.1 Å². The molecular weight excluding hydrogens is 306 g/mol.